The van der Waals surface area contributed by atoms with Crippen molar-refractivity contribution in [3.05, 3.63) is 0 Å². The first-order valence-corrected chi connectivity index (χ1v) is 10.7. The van der Waals surface area contributed by atoms with Gasteiger partial charge in [-0.1, -0.05) is 13.8 Å². The van der Waals surface area contributed by atoms with Crippen LogP contribution in [0.3, 0.4) is 0 Å². The van der Waals surface area contributed by atoms with E-state index in [2.05, 4.69) is 12.2 Å². The van der Waals surface area contributed by atoms with Crippen LogP contribution in [0.2, 0.25) is 0 Å². The molecule has 1 spiro atoms. The van der Waals surface area contributed by atoms with E-state index in [4.69, 9.17) is 0 Å². The Bertz CT molecular complexity index is 625. The van der Waals surface area contributed by atoms with E-state index in [1.807, 2.05) is 11.8 Å². The van der Waals surface area contributed by atoms with Gasteiger partial charge in [0.05, 0.1) is 18.2 Å². The SMILES string of the molecule is CCN(CN1C(=O)NC2(CCC(C)CC2)C1=O)[C@@H]1CCS(=O)(=O)C1. The molecule has 8 heteroatoms. The first kappa shape index (κ1) is 17.7. The van der Waals surface area contributed by atoms with E-state index in [-0.39, 0.29) is 36.2 Å². The minimum absolute atomic E-state index is 0.108. The zero-order valence-corrected chi connectivity index (χ0v) is 15.3. The molecule has 2 heterocycles. The molecule has 0 unspecified atom stereocenters. The second-order valence-electron chi connectivity index (χ2n) is 7.53. The molecule has 1 aliphatic carbocycles. The third-order valence-electron chi connectivity index (χ3n) is 5.83. The van der Waals surface area contributed by atoms with Crippen LogP contribution in [0.1, 0.15) is 46.0 Å². The molecule has 2 saturated heterocycles. The quantitative estimate of drug-likeness (QED) is 0.757. The van der Waals surface area contributed by atoms with Crippen LogP contribution in [0.4, 0.5) is 4.79 Å². The first-order valence-electron chi connectivity index (χ1n) is 8.85. The van der Waals surface area contributed by atoms with Gasteiger partial charge >= 0.3 is 6.03 Å². The van der Waals surface area contributed by atoms with Gasteiger partial charge in [0.25, 0.3) is 5.91 Å². The van der Waals surface area contributed by atoms with E-state index in [9.17, 15) is 18.0 Å². The Labute approximate surface area is 143 Å². The van der Waals surface area contributed by atoms with Gasteiger partial charge in [-0.3, -0.25) is 9.69 Å². The van der Waals surface area contributed by atoms with Crippen molar-refractivity contribution in [2.24, 2.45) is 5.92 Å². The highest BCUT2D eigenvalue weighted by Gasteiger charge is 2.52. The molecule has 0 bridgehead atoms. The zero-order chi connectivity index (χ0) is 17.5. The van der Waals surface area contributed by atoms with Crippen molar-refractivity contribution in [1.82, 2.24) is 15.1 Å². The fourth-order valence-electron chi connectivity index (χ4n) is 4.12. The van der Waals surface area contributed by atoms with Crippen LogP contribution in [0, 0.1) is 5.92 Å². The Hall–Kier alpha value is -1.15. The summed E-state index contributed by atoms with van der Waals surface area (Å²) in [6.07, 6.45) is 3.84. The monoisotopic (exact) mass is 357 g/mol. The fourth-order valence-corrected chi connectivity index (χ4v) is 5.88. The average molecular weight is 357 g/mol. The van der Waals surface area contributed by atoms with Crippen LogP contribution < -0.4 is 5.32 Å². The summed E-state index contributed by atoms with van der Waals surface area (Å²) < 4.78 is 23.4. The van der Waals surface area contributed by atoms with Gasteiger partial charge in [-0.05, 0) is 44.6 Å². The lowest BCUT2D eigenvalue weighted by atomic mass is 9.77. The Morgan fingerprint density at radius 2 is 1.92 bits per heavy atom. The number of nitrogens with one attached hydrogen (secondary N) is 1. The lowest BCUT2D eigenvalue weighted by Crippen LogP contribution is -2.50. The fraction of sp³-hybridized carbons (Fsp3) is 0.875. The van der Waals surface area contributed by atoms with Crippen molar-refractivity contribution >= 4 is 21.8 Å². The van der Waals surface area contributed by atoms with Gasteiger partial charge in [0.2, 0.25) is 0 Å². The summed E-state index contributed by atoms with van der Waals surface area (Å²) in [4.78, 5) is 28.5. The predicted molar refractivity (Wildman–Crippen MR) is 90.0 cm³/mol. The van der Waals surface area contributed by atoms with Gasteiger partial charge in [0.1, 0.15) is 5.54 Å². The second kappa shape index (κ2) is 6.29. The summed E-state index contributed by atoms with van der Waals surface area (Å²) >= 11 is 0. The molecular formula is C16H27N3O4S. The molecule has 24 heavy (non-hydrogen) atoms. The van der Waals surface area contributed by atoms with Crippen LogP contribution in [0.25, 0.3) is 0 Å². The van der Waals surface area contributed by atoms with Gasteiger partial charge < -0.3 is 5.32 Å². The maximum atomic E-state index is 12.9. The van der Waals surface area contributed by atoms with Gasteiger partial charge in [-0.2, -0.15) is 0 Å². The molecule has 3 aliphatic rings. The molecular weight excluding hydrogens is 330 g/mol. The third kappa shape index (κ3) is 3.18. The lowest BCUT2D eigenvalue weighted by Gasteiger charge is -2.34. The third-order valence-corrected chi connectivity index (χ3v) is 7.58. The van der Waals surface area contributed by atoms with Crippen LogP contribution in [-0.2, 0) is 14.6 Å². The molecule has 1 N–H and O–H groups in total. The molecule has 0 aromatic heterocycles. The number of carbonyl (C=O) groups excluding carboxylic acids is 2. The minimum atomic E-state index is -2.99. The number of urea groups is 1. The molecule has 136 valence electrons. The normalized spacial score (nSPS) is 35.9. The predicted octanol–water partition coefficient (Wildman–Crippen LogP) is 0.954. The van der Waals surface area contributed by atoms with Gasteiger partial charge in [0.15, 0.2) is 9.84 Å². The number of hydrogen-bond donors (Lipinski definition) is 1. The van der Waals surface area contributed by atoms with Crippen LogP contribution in [-0.4, -0.2) is 66.5 Å². The number of carbonyl (C=O) groups is 2. The molecule has 3 amide bonds. The highest BCUT2D eigenvalue weighted by atomic mass is 32.2. The largest absolute Gasteiger partial charge is 0.326 e. The van der Waals surface area contributed by atoms with E-state index in [1.165, 1.54) is 4.90 Å². The smallest absolute Gasteiger partial charge is 0.323 e. The Balaban J connectivity index is 1.70. The summed E-state index contributed by atoms with van der Waals surface area (Å²) in [5, 5.41) is 2.92. The lowest BCUT2D eigenvalue weighted by molar-refractivity contribution is -0.134. The van der Waals surface area contributed by atoms with E-state index in [0.29, 0.717) is 31.7 Å². The molecule has 1 saturated carbocycles. The van der Waals surface area contributed by atoms with E-state index >= 15 is 0 Å². The summed E-state index contributed by atoms with van der Waals surface area (Å²) in [5.41, 5.74) is -0.731. The number of imide groups is 1. The van der Waals surface area contributed by atoms with E-state index < -0.39 is 15.4 Å². The van der Waals surface area contributed by atoms with Crippen molar-refractivity contribution in [3.8, 4) is 0 Å². The molecule has 0 radical (unpaired) electrons. The Morgan fingerprint density at radius 1 is 1.25 bits per heavy atom. The molecule has 3 rings (SSSR count). The minimum Gasteiger partial charge on any atom is -0.323 e. The summed E-state index contributed by atoms with van der Waals surface area (Å²) in [6, 6.07) is -0.447. The molecule has 2 aliphatic heterocycles. The van der Waals surface area contributed by atoms with E-state index in [1.54, 1.807) is 0 Å². The molecule has 1 atom stereocenters. The molecule has 0 aromatic carbocycles. The van der Waals surface area contributed by atoms with Crippen molar-refractivity contribution in [1.29, 1.82) is 0 Å². The van der Waals surface area contributed by atoms with Crippen molar-refractivity contribution < 1.29 is 18.0 Å². The summed E-state index contributed by atoms with van der Waals surface area (Å²) in [6.45, 7) is 4.90. The highest BCUT2D eigenvalue weighted by molar-refractivity contribution is 7.91. The maximum absolute atomic E-state index is 12.9. The number of amides is 3. The van der Waals surface area contributed by atoms with Gasteiger partial charge in [-0.15, -0.1) is 0 Å². The standard InChI is InChI=1S/C16H27N3O4S/c1-3-18(13-6-9-24(22,23)10-13)11-19-14(20)16(17-15(19)21)7-4-12(2)5-8-16/h12-13H,3-11H2,1-2H3,(H,17,21)/t12?,13-,16?/m1/s1. The van der Waals surface area contributed by atoms with Gasteiger partial charge in [-0.25, -0.2) is 18.1 Å². The number of sulfone groups is 1. The van der Waals surface area contributed by atoms with Crippen molar-refractivity contribution in [2.45, 2.75) is 57.5 Å². The van der Waals surface area contributed by atoms with E-state index in [0.717, 1.165) is 12.8 Å². The topological polar surface area (TPSA) is 86.8 Å². The molecule has 3 fully saturated rings. The first-order chi connectivity index (χ1) is 11.3. The molecule has 7 nitrogen and oxygen atoms in total. The number of rotatable bonds is 4. The second-order valence-corrected chi connectivity index (χ2v) is 9.76. The average Bonchev–Trinajstić information content (AvgIpc) is 2.99. The number of nitrogens with zero attached hydrogens (tertiary/aromatic N) is 2. The highest BCUT2D eigenvalue weighted by Crippen LogP contribution is 2.36. The maximum Gasteiger partial charge on any atom is 0.326 e. The Morgan fingerprint density at radius 3 is 2.46 bits per heavy atom. The van der Waals surface area contributed by atoms with Crippen molar-refractivity contribution in [2.75, 3.05) is 24.7 Å². The Kier molecular flexibility index (Phi) is 4.63. The molecule has 0 aromatic rings. The van der Waals surface area contributed by atoms with Crippen molar-refractivity contribution in [3.63, 3.8) is 0 Å². The van der Waals surface area contributed by atoms with Crippen LogP contribution in [0.5, 0.6) is 0 Å². The number of hydrogen-bond acceptors (Lipinski definition) is 5. The van der Waals surface area contributed by atoms with Crippen LogP contribution >= 0.6 is 0 Å². The summed E-state index contributed by atoms with van der Waals surface area (Å²) in [5.74, 6) is 0.757. The van der Waals surface area contributed by atoms with Crippen LogP contribution in [0.15, 0.2) is 0 Å². The summed E-state index contributed by atoms with van der Waals surface area (Å²) in [7, 11) is -2.99. The zero-order valence-electron chi connectivity index (χ0n) is 14.5. The van der Waals surface area contributed by atoms with Gasteiger partial charge in [0, 0.05) is 6.04 Å².